The number of carbonyl (C=O) groups excluding carboxylic acids is 1. The molecule has 7 heteroatoms. The van der Waals surface area contributed by atoms with E-state index in [4.69, 9.17) is 0 Å². The first kappa shape index (κ1) is 17.9. The van der Waals surface area contributed by atoms with Gasteiger partial charge in [-0.3, -0.25) is 4.79 Å². The third-order valence-electron chi connectivity index (χ3n) is 4.57. The summed E-state index contributed by atoms with van der Waals surface area (Å²) in [6, 6.07) is 18.1. The second-order valence-electron chi connectivity index (χ2n) is 6.32. The zero-order valence-electron chi connectivity index (χ0n) is 14.5. The summed E-state index contributed by atoms with van der Waals surface area (Å²) >= 11 is 1.23. The van der Waals surface area contributed by atoms with Gasteiger partial charge < -0.3 is 5.32 Å². The average molecular weight is 399 g/mol. The highest BCUT2D eigenvalue weighted by atomic mass is 32.2. The lowest BCUT2D eigenvalue weighted by atomic mass is 10.0. The molecule has 1 N–H and O–H groups in total. The first-order chi connectivity index (χ1) is 13.0. The van der Waals surface area contributed by atoms with E-state index >= 15 is 0 Å². The number of amides is 1. The highest BCUT2D eigenvalue weighted by Crippen LogP contribution is 2.28. The molecule has 138 valence electrons. The molecule has 0 aliphatic carbocycles. The van der Waals surface area contributed by atoms with Crippen LogP contribution < -0.4 is 5.32 Å². The van der Waals surface area contributed by atoms with Crippen molar-refractivity contribution in [2.45, 2.75) is 17.2 Å². The Labute approximate surface area is 162 Å². The van der Waals surface area contributed by atoms with Crippen molar-refractivity contribution in [3.8, 4) is 0 Å². The van der Waals surface area contributed by atoms with Gasteiger partial charge in [-0.25, -0.2) is 8.42 Å². The Morgan fingerprint density at radius 3 is 2.56 bits per heavy atom. The third-order valence-corrected chi connectivity index (χ3v) is 7.78. The van der Waals surface area contributed by atoms with E-state index in [2.05, 4.69) is 5.32 Å². The van der Waals surface area contributed by atoms with Gasteiger partial charge in [0.1, 0.15) is 4.21 Å². The van der Waals surface area contributed by atoms with Crippen molar-refractivity contribution in [1.29, 1.82) is 0 Å². The molecule has 3 aromatic rings. The Bertz CT molecular complexity index is 1060. The molecule has 4 rings (SSSR count). The first-order valence-electron chi connectivity index (χ1n) is 8.56. The lowest BCUT2D eigenvalue weighted by molar-refractivity contribution is 0.102. The van der Waals surface area contributed by atoms with Gasteiger partial charge in [0.25, 0.3) is 15.9 Å². The number of sulfonamides is 1. The van der Waals surface area contributed by atoms with E-state index in [1.54, 1.807) is 29.6 Å². The van der Waals surface area contributed by atoms with E-state index in [-0.39, 0.29) is 5.91 Å². The lowest BCUT2D eigenvalue weighted by Crippen LogP contribution is -2.35. The van der Waals surface area contributed by atoms with Crippen molar-refractivity contribution in [3.63, 3.8) is 0 Å². The van der Waals surface area contributed by atoms with Crippen LogP contribution in [0.4, 0.5) is 5.69 Å². The summed E-state index contributed by atoms with van der Waals surface area (Å²) in [7, 11) is -3.48. The molecule has 1 aliphatic rings. The molecule has 0 spiro atoms. The number of nitrogens with zero attached hydrogens (tertiary/aromatic N) is 1. The van der Waals surface area contributed by atoms with E-state index in [0.29, 0.717) is 35.0 Å². The third kappa shape index (κ3) is 3.66. The van der Waals surface area contributed by atoms with Crippen LogP contribution in [0.1, 0.15) is 21.5 Å². The Morgan fingerprint density at radius 1 is 1.00 bits per heavy atom. The number of fused-ring (bicyclic) bond motifs is 1. The molecule has 0 fully saturated rings. The van der Waals surface area contributed by atoms with Crippen molar-refractivity contribution in [3.05, 3.63) is 82.7 Å². The normalized spacial score (nSPS) is 14.5. The lowest BCUT2D eigenvalue weighted by Gasteiger charge is -2.28. The van der Waals surface area contributed by atoms with Gasteiger partial charge in [-0.15, -0.1) is 11.3 Å². The molecule has 0 atom stereocenters. The molecular formula is C20H18N2O3S2. The largest absolute Gasteiger partial charge is 0.322 e. The molecule has 2 aromatic carbocycles. The summed E-state index contributed by atoms with van der Waals surface area (Å²) in [5.74, 6) is -0.186. The van der Waals surface area contributed by atoms with Crippen LogP contribution in [0.15, 0.2) is 70.3 Å². The van der Waals surface area contributed by atoms with Gasteiger partial charge in [-0.1, -0.05) is 30.3 Å². The van der Waals surface area contributed by atoms with Crippen LogP contribution in [0.25, 0.3) is 0 Å². The predicted molar refractivity (Wildman–Crippen MR) is 106 cm³/mol. The molecule has 0 radical (unpaired) electrons. The molecule has 5 nitrogen and oxygen atoms in total. The maximum Gasteiger partial charge on any atom is 0.255 e. The minimum Gasteiger partial charge on any atom is -0.322 e. The van der Waals surface area contributed by atoms with E-state index in [0.717, 1.165) is 11.1 Å². The molecule has 0 saturated carbocycles. The molecule has 0 unspecified atom stereocenters. The number of anilines is 1. The molecule has 1 aromatic heterocycles. The summed E-state index contributed by atoms with van der Waals surface area (Å²) in [5.41, 5.74) is 3.28. The van der Waals surface area contributed by atoms with E-state index in [9.17, 15) is 13.2 Å². The fourth-order valence-corrected chi connectivity index (χ4v) is 5.71. The monoisotopic (exact) mass is 398 g/mol. The van der Waals surface area contributed by atoms with Gasteiger partial charge in [-0.2, -0.15) is 4.31 Å². The average Bonchev–Trinajstić information content (AvgIpc) is 3.24. The van der Waals surface area contributed by atoms with E-state index in [1.807, 2.05) is 36.4 Å². The van der Waals surface area contributed by atoms with Crippen LogP contribution in [-0.4, -0.2) is 25.2 Å². The summed E-state index contributed by atoms with van der Waals surface area (Å²) in [4.78, 5) is 12.3. The van der Waals surface area contributed by atoms with Crippen molar-refractivity contribution >= 4 is 33.0 Å². The Hall–Kier alpha value is -2.48. The molecular weight excluding hydrogens is 380 g/mol. The van der Waals surface area contributed by atoms with Gasteiger partial charge in [-0.05, 0) is 53.3 Å². The van der Waals surface area contributed by atoms with Gasteiger partial charge in [0, 0.05) is 24.3 Å². The SMILES string of the molecule is O=C(Nc1ccc2c(c1)CN(S(=O)(=O)c1cccs1)CC2)c1ccccc1. The first-order valence-corrected chi connectivity index (χ1v) is 10.9. The van der Waals surface area contributed by atoms with Gasteiger partial charge in [0.05, 0.1) is 0 Å². The van der Waals surface area contributed by atoms with E-state index < -0.39 is 10.0 Å². The standard InChI is InChI=1S/C20H18N2O3S2/c23-20(16-5-2-1-3-6-16)21-18-9-8-15-10-11-22(14-17(15)13-18)27(24,25)19-7-4-12-26-19/h1-9,12-13H,10-11,14H2,(H,21,23). The molecule has 0 bridgehead atoms. The molecule has 1 amide bonds. The molecule has 27 heavy (non-hydrogen) atoms. The van der Waals surface area contributed by atoms with Crippen LogP contribution >= 0.6 is 11.3 Å². The number of hydrogen-bond donors (Lipinski definition) is 1. The fourth-order valence-electron chi connectivity index (χ4n) is 3.14. The van der Waals surface area contributed by atoms with Crippen LogP contribution in [0.2, 0.25) is 0 Å². The summed E-state index contributed by atoms with van der Waals surface area (Å²) in [5, 5.41) is 4.65. The van der Waals surface area contributed by atoms with Gasteiger partial charge in [0.2, 0.25) is 0 Å². The van der Waals surface area contributed by atoms with Crippen molar-refractivity contribution in [2.24, 2.45) is 0 Å². The van der Waals surface area contributed by atoms with Gasteiger partial charge in [0.15, 0.2) is 0 Å². The fraction of sp³-hybridized carbons (Fsp3) is 0.150. The number of benzene rings is 2. The number of hydrogen-bond acceptors (Lipinski definition) is 4. The summed E-state index contributed by atoms with van der Waals surface area (Å²) in [6.07, 6.45) is 0.660. The Kier molecular flexibility index (Phi) is 4.82. The zero-order chi connectivity index (χ0) is 18.9. The van der Waals surface area contributed by atoms with E-state index in [1.165, 1.54) is 15.6 Å². The Morgan fingerprint density at radius 2 is 1.81 bits per heavy atom. The van der Waals surface area contributed by atoms with Crippen LogP contribution in [0.5, 0.6) is 0 Å². The maximum atomic E-state index is 12.8. The number of thiophene rings is 1. The maximum absolute atomic E-state index is 12.8. The number of nitrogens with one attached hydrogen (secondary N) is 1. The topological polar surface area (TPSA) is 66.5 Å². The molecule has 2 heterocycles. The van der Waals surface area contributed by atoms with Crippen LogP contribution in [-0.2, 0) is 23.0 Å². The predicted octanol–water partition coefficient (Wildman–Crippen LogP) is 3.75. The number of rotatable bonds is 4. The van der Waals surface area contributed by atoms with Crippen LogP contribution in [0, 0.1) is 0 Å². The van der Waals surface area contributed by atoms with Crippen molar-refractivity contribution in [2.75, 3.05) is 11.9 Å². The minimum absolute atomic E-state index is 0.186. The minimum atomic E-state index is -3.48. The van der Waals surface area contributed by atoms with Crippen molar-refractivity contribution in [1.82, 2.24) is 4.31 Å². The summed E-state index contributed by atoms with van der Waals surface area (Å²) < 4.78 is 27.4. The van der Waals surface area contributed by atoms with Gasteiger partial charge >= 0.3 is 0 Å². The Balaban J connectivity index is 1.55. The quantitative estimate of drug-likeness (QED) is 0.728. The highest BCUT2D eigenvalue weighted by Gasteiger charge is 2.29. The summed E-state index contributed by atoms with van der Waals surface area (Å²) in [6.45, 7) is 0.771. The smallest absolute Gasteiger partial charge is 0.255 e. The molecule has 1 aliphatic heterocycles. The second kappa shape index (κ2) is 7.26. The zero-order valence-corrected chi connectivity index (χ0v) is 16.1. The highest BCUT2D eigenvalue weighted by molar-refractivity contribution is 7.91. The van der Waals surface area contributed by atoms with Crippen molar-refractivity contribution < 1.29 is 13.2 Å². The van der Waals surface area contributed by atoms with Crippen LogP contribution in [0.3, 0.4) is 0 Å². The second-order valence-corrected chi connectivity index (χ2v) is 9.44. The number of carbonyl (C=O) groups is 1. The molecule has 0 saturated heterocycles.